The SMILES string of the molecule is c1ccc(-n2c3ccc(-c4ccc(N(c5ccc(-n6c7ccccc7c7cnccc76)cc5)c5ccc6sc7ccccc7c6c5)cc4)cc3c3cc4ccc5oc6ccccc6c5c4cc32)cc1. The van der Waals surface area contributed by atoms with Crippen molar-refractivity contribution < 1.29 is 4.42 Å². The van der Waals surface area contributed by atoms with Gasteiger partial charge in [0, 0.05) is 93.3 Å². The number of nitrogens with zero attached hydrogens (tertiary/aromatic N) is 4. The van der Waals surface area contributed by atoms with Crippen LogP contribution in [0, 0.1) is 0 Å². The second-order valence-corrected chi connectivity index (χ2v) is 19.0. The molecule has 0 spiro atoms. The summed E-state index contributed by atoms with van der Waals surface area (Å²) in [6.45, 7) is 0. The van der Waals surface area contributed by atoms with Gasteiger partial charge in [0.15, 0.2) is 0 Å². The molecule has 6 heteroatoms. The van der Waals surface area contributed by atoms with Crippen LogP contribution in [0.4, 0.5) is 17.1 Å². The molecule has 0 bridgehead atoms. The van der Waals surface area contributed by atoms with E-state index in [0.29, 0.717) is 0 Å². The van der Waals surface area contributed by atoms with Gasteiger partial charge < -0.3 is 18.5 Å². The van der Waals surface area contributed by atoms with E-state index in [0.717, 1.165) is 72.4 Å². The van der Waals surface area contributed by atoms with Gasteiger partial charge in [0.1, 0.15) is 11.2 Å². The molecule has 15 aromatic rings. The number of thiophene rings is 1. The molecule has 5 aromatic heterocycles. The number of aromatic nitrogens is 3. The largest absolute Gasteiger partial charge is 0.456 e. The Balaban J connectivity index is 0.870. The number of furan rings is 1. The van der Waals surface area contributed by atoms with Gasteiger partial charge in [-0.2, -0.15) is 0 Å². The second-order valence-electron chi connectivity index (χ2n) is 18.0. The average molecular weight is 899 g/mol. The van der Waals surface area contributed by atoms with Crippen molar-refractivity contribution in [3.63, 3.8) is 0 Å². The van der Waals surface area contributed by atoms with Crippen LogP contribution in [0.2, 0.25) is 0 Å². The van der Waals surface area contributed by atoms with Gasteiger partial charge in [-0.25, -0.2) is 0 Å². The topological polar surface area (TPSA) is 39.1 Å². The Labute approximate surface area is 399 Å². The molecular formula is C63H38N4OS. The Morgan fingerprint density at radius 2 is 1.03 bits per heavy atom. The van der Waals surface area contributed by atoms with Gasteiger partial charge in [0.05, 0.1) is 22.1 Å². The van der Waals surface area contributed by atoms with E-state index in [1.54, 1.807) is 0 Å². The van der Waals surface area contributed by atoms with Crippen LogP contribution >= 0.6 is 11.3 Å². The molecule has 0 N–H and O–H groups in total. The van der Waals surface area contributed by atoms with Gasteiger partial charge in [-0.15, -0.1) is 11.3 Å². The lowest BCUT2D eigenvalue weighted by Gasteiger charge is -2.26. The standard InChI is InChI=1S/C63H38N4OS/c1-2-10-42(11-3-1)67-56-29-20-40(34-51(56)52-35-41-21-30-60-63(50(41)37-58(52)67)49-14-5-8-16-59(49)68-60)39-18-22-43(23-19-39)65(46-28-31-62-53(36-46)48-13-6-9-17-61(48)69-62)44-24-26-45(27-25-44)66-55-15-7-4-12-47(55)54-38-64-33-32-57(54)66/h1-38H. The van der Waals surface area contributed by atoms with Crippen molar-refractivity contribution in [1.82, 2.24) is 14.1 Å². The fourth-order valence-electron chi connectivity index (χ4n) is 11.0. The summed E-state index contributed by atoms with van der Waals surface area (Å²) in [6, 6.07) is 79.5. The van der Waals surface area contributed by atoms with E-state index in [2.05, 4.69) is 231 Å². The van der Waals surface area contributed by atoms with Gasteiger partial charge >= 0.3 is 0 Å². The van der Waals surface area contributed by atoms with Crippen LogP contribution in [0.15, 0.2) is 235 Å². The molecule has 0 radical (unpaired) electrons. The zero-order valence-electron chi connectivity index (χ0n) is 37.0. The Kier molecular flexibility index (Phi) is 8.17. The minimum absolute atomic E-state index is 0.907. The van der Waals surface area contributed by atoms with Crippen LogP contribution in [0.5, 0.6) is 0 Å². The third kappa shape index (κ3) is 5.79. The first-order valence-electron chi connectivity index (χ1n) is 23.3. The molecule has 10 aromatic carbocycles. The summed E-state index contributed by atoms with van der Waals surface area (Å²) in [6.07, 6.45) is 3.85. The highest BCUT2D eigenvalue weighted by Gasteiger charge is 2.20. The van der Waals surface area contributed by atoms with Crippen molar-refractivity contribution in [3.05, 3.63) is 231 Å². The molecule has 0 saturated heterocycles. The lowest BCUT2D eigenvalue weighted by atomic mass is 9.99. The zero-order chi connectivity index (χ0) is 45.2. The Morgan fingerprint density at radius 1 is 0.377 bits per heavy atom. The molecule has 0 fully saturated rings. The lowest BCUT2D eigenvalue weighted by molar-refractivity contribution is 0.669. The maximum atomic E-state index is 6.35. The monoisotopic (exact) mass is 898 g/mol. The number of hydrogen-bond acceptors (Lipinski definition) is 4. The predicted molar refractivity (Wildman–Crippen MR) is 291 cm³/mol. The van der Waals surface area contributed by atoms with E-state index in [1.807, 2.05) is 29.8 Å². The third-order valence-corrected chi connectivity index (χ3v) is 15.3. The van der Waals surface area contributed by atoms with Crippen molar-refractivity contribution in [2.24, 2.45) is 0 Å². The summed E-state index contributed by atoms with van der Waals surface area (Å²) < 4.78 is 13.7. The van der Waals surface area contributed by atoms with Crippen LogP contribution in [0.25, 0.3) is 119 Å². The van der Waals surface area contributed by atoms with Crippen molar-refractivity contribution in [3.8, 4) is 22.5 Å². The van der Waals surface area contributed by atoms with Crippen LogP contribution in [0.3, 0.4) is 0 Å². The average Bonchev–Trinajstić information content (AvgIpc) is 4.16. The fourth-order valence-corrected chi connectivity index (χ4v) is 12.1. The third-order valence-electron chi connectivity index (χ3n) is 14.2. The Bertz CT molecular complexity index is 4490. The summed E-state index contributed by atoms with van der Waals surface area (Å²) in [5, 5.41) is 12.0. The maximum Gasteiger partial charge on any atom is 0.136 e. The summed E-state index contributed by atoms with van der Waals surface area (Å²) >= 11 is 1.85. The molecule has 0 aliphatic heterocycles. The van der Waals surface area contributed by atoms with Gasteiger partial charge in [0.2, 0.25) is 0 Å². The summed E-state index contributed by atoms with van der Waals surface area (Å²) in [5.74, 6) is 0. The molecule has 322 valence electrons. The molecule has 0 aliphatic carbocycles. The lowest BCUT2D eigenvalue weighted by Crippen LogP contribution is -2.10. The van der Waals surface area contributed by atoms with Crippen LogP contribution in [-0.2, 0) is 0 Å². The number of hydrogen-bond donors (Lipinski definition) is 0. The molecule has 69 heavy (non-hydrogen) atoms. The van der Waals surface area contributed by atoms with Gasteiger partial charge in [-0.05, 0) is 143 Å². The zero-order valence-corrected chi connectivity index (χ0v) is 37.9. The van der Waals surface area contributed by atoms with E-state index < -0.39 is 0 Å². The summed E-state index contributed by atoms with van der Waals surface area (Å²) in [5.41, 5.74) is 14.3. The van der Waals surface area contributed by atoms with Gasteiger partial charge in [-0.3, -0.25) is 4.98 Å². The number of para-hydroxylation sites is 3. The van der Waals surface area contributed by atoms with Crippen molar-refractivity contribution >= 4 is 125 Å². The second kappa shape index (κ2) is 14.8. The molecular weight excluding hydrogens is 861 g/mol. The molecule has 5 heterocycles. The molecule has 0 unspecified atom stereocenters. The molecule has 5 nitrogen and oxygen atoms in total. The van der Waals surface area contributed by atoms with Crippen LogP contribution < -0.4 is 4.90 Å². The maximum absolute atomic E-state index is 6.35. The van der Waals surface area contributed by atoms with Gasteiger partial charge in [-0.1, -0.05) is 97.1 Å². The van der Waals surface area contributed by atoms with Crippen molar-refractivity contribution in [1.29, 1.82) is 0 Å². The number of anilines is 3. The fraction of sp³-hybridized carbons (Fsp3) is 0. The van der Waals surface area contributed by atoms with Crippen molar-refractivity contribution in [2.45, 2.75) is 0 Å². The molecule has 0 amide bonds. The molecule has 15 rings (SSSR count). The number of benzene rings is 10. The molecule has 0 saturated carbocycles. The normalized spacial score (nSPS) is 12.1. The molecule has 0 aliphatic rings. The first-order valence-corrected chi connectivity index (χ1v) is 24.1. The Morgan fingerprint density at radius 3 is 1.90 bits per heavy atom. The summed E-state index contributed by atoms with van der Waals surface area (Å²) in [7, 11) is 0. The highest BCUT2D eigenvalue weighted by atomic mass is 32.1. The first-order chi connectivity index (χ1) is 34.2. The van der Waals surface area contributed by atoms with Gasteiger partial charge in [0.25, 0.3) is 0 Å². The number of pyridine rings is 1. The van der Waals surface area contributed by atoms with E-state index >= 15 is 0 Å². The van der Waals surface area contributed by atoms with E-state index in [4.69, 9.17) is 4.42 Å². The van der Waals surface area contributed by atoms with Crippen LogP contribution in [0.1, 0.15) is 0 Å². The predicted octanol–water partition coefficient (Wildman–Crippen LogP) is 17.8. The van der Waals surface area contributed by atoms with E-state index in [-0.39, 0.29) is 0 Å². The minimum Gasteiger partial charge on any atom is -0.456 e. The Hall–Kier alpha value is -8.97. The smallest absolute Gasteiger partial charge is 0.136 e. The highest BCUT2D eigenvalue weighted by molar-refractivity contribution is 7.25. The number of rotatable bonds is 6. The summed E-state index contributed by atoms with van der Waals surface area (Å²) in [4.78, 5) is 6.86. The highest BCUT2D eigenvalue weighted by Crippen LogP contribution is 2.44. The minimum atomic E-state index is 0.907. The molecule has 0 atom stereocenters. The first kappa shape index (κ1) is 38.2. The van der Waals surface area contributed by atoms with E-state index in [9.17, 15) is 0 Å². The van der Waals surface area contributed by atoms with Crippen molar-refractivity contribution in [2.75, 3.05) is 4.90 Å². The van der Waals surface area contributed by atoms with Crippen LogP contribution in [-0.4, -0.2) is 14.1 Å². The van der Waals surface area contributed by atoms with E-state index in [1.165, 1.54) is 63.7 Å². The number of fused-ring (bicyclic) bond motifs is 14. The quantitative estimate of drug-likeness (QED) is 0.167.